The molecular weight excluding hydrogens is 281 g/mol. The Bertz CT molecular complexity index is 771. The Morgan fingerprint density at radius 1 is 0.947 bits per heavy atom. The predicted molar refractivity (Wildman–Crippen MR) is 78.9 cm³/mol. The van der Waals surface area contributed by atoms with Crippen LogP contribution in [0.5, 0.6) is 5.75 Å². The van der Waals surface area contributed by atoms with Gasteiger partial charge in [-0.3, -0.25) is 0 Å². The van der Waals surface area contributed by atoms with Crippen LogP contribution in [0.1, 0.15) is 0 Å². The second-order valence-corrected chi connectivity index (χ2v) is 5.01. The van der Waals surface area contributed by atoms with Crippen LogP contribution in [0.4, 0.5) is 0 Å². The Morgan fingerprint density at radius 2 is 1.74 bits per heavy atom. The van der Waals surface area contributed by atoms with Gasteiger partial charge < -0.3 is 5.11 Å². The van der Waals surface area contributed by atoms with Crippen LogP contribution in [-0.4, -0.2) is 10.1 Å². The van der Waals surface area contributed by atoms with Crippen LogP contribution < -0.4 is 0 Å². The van der Waals surface area contributed by atoms with E-state index in [-0.39, 0.29) is 5.75 Å². The van der Waals surface area contributed by atoms with Crippen molar-refractivity contribution in [3.05, 3.63) is 58.6 Å². The zero-order chi connectivity index (χ0) is 13.4. The molecule has 0 spiro atoms. The first-order chi connectivity index (χ1) is 9.15. The van der Waals surface area contributed by atoms with Gasteiger partial charge >= 0.3 is 0 Å². The summed E-state index contributed by atoms with van der Waals surface area (Å²) in [6, 6.07) is 14.2. The molecule has 2 nitrogen and oxygen atoms in total. The molecule has 0 radical (unpaired) electrons. The fourth-order valence-electron chi connectivity index (χ4n) is 1.98. The minimum absolute atomic E-state index is 0.128. The van der Waals surface area contributed by atoms with E-state index in [2.05, 4.69) is 4.98 Å². The number of aromatic nitrogens is 1. The van der Waals surface area contributed by atoms with Crippen molar-refractivity contribution in [2.24, 2.45) is 0 Å². The molecule has 94 valence electrons. The van der Waals surface area contributed by atoms with Gasteiger partial charge in [0.2, 0.25) is 0 Å². The molecule has 0 amide bonds. The van der Waals surface area contributed by atoms with Crippen LogP contribution in [0.25, 0.3) is 22.2 Å². The third-order valence-corrected chi connectivity index (χ3v) is 3.45. The van der Waals surface area contributed by atoms with Gasteiger partial charge in [0, 0.05) is 16.0 Å². The van der Waals surface area contributed by atoms with Gasteiger partial charge in [0.1, 0.15) is 5.75 Å². The topological polar surface area (TPSA) is 33.1 Å². The van der Waals surface area contributed by atoms with Gasteiger partial charge in [0.15, 0.2) is 0 Å². The standard InChI is InChI=1S/C15H9Cl2NO/c16-9-5-6-15(19)11(7-9)14-8-12(17)10-3-1-2-4-13(10)18-14/h1-8,19H. The maximum Gasteiger partial charge on any atom is 0.125 e. The molecule has 1 aromatic heterocycles. The largest absolute Gasteiger partial charge is 0.507 e. The van der Waals surface area contributed by atoms with Crippen LogP contribution in [-0.2, 0) is 0 Å². The number of hydrogen-bond donors (Lipinski definition) is 1. The molecule has 0 bridgehead atoms. The van der Waals surface area contributed by atoms with Crippen molar-refractivity contribution in [2.45, 2.75) is 0 Å². The summed E-state index contributed by atoms with van der Waals surface area (Å²) in [7, 11) is 0. The maximum atomic E-state index is 9.91. The molecule has 1 N–H and O–H groups in total. The van der Waals surface area contributed by atoms with E-state index in [0.717, 1.165) is 10.9 Å². The van der Waals surface area contributed by atoms with Crippen molar-refractivity contribution in [3.63, 3.8) is 0 Å². The lowest BCUT2D eigenvalue weighted by molar-refractivity contribution is 0.477. The molecule has 0 aliphatic carbocycles. The van der Waals surface area contributed by atoms with E-state index in [4.69, 9.17) is 23.2 Å². The molecule has 0 aliphatic rings. The number of phenols is 1. The second kappa shape index (κ2) is 4.72. The van der Waals surface area contributed by atoms with Gasteiger partial charge in [-0.1, -0.05) is 41.4 Å². The summed E-state index contributed by atoms with van der Waals surface area (Å²) >= 11 is 12.2. The molecule has 0 aliphatic heterocycles. The van der Waals surface area contributed by atoms with E-state index in [1.165, 1.54) is 0 Å². The monoisotopic (exact) mass is 289 g/mol. The molecule has 1 heterocycles. The number of fused-ring (bicyclic) bond motifs is 1. The minimum atomic E-state index is 0.128. The van der Waals surface area contributed by atoms with Crippen LogP contribution in [0, 0.1) is 0 Å². The van der Waals surface area contributed by atoms with Crippen molar-refractivity contribution in [3.8, 4) is 17.0 Å². The Kier molecular flexibility index (Phi) is 3.05. The zero-order valence-electron chi connectivity index (χ0n) is 9.77. The van der Waals surface area contributed by atoms with E-state index in [1.807, 2.05) is 24.3 Å². The minimum Gasteiger partial charge on any atom is -0.507 e. The molecular formula is C15H9Cl2NO. The van der Waals surface area contributed by atoms with Crippen molar-refractivity contribution in [2.75, 3.05) is 0 Å². The Labute approximate surface area is 120 Å². The first-order valence-electron chi connectivity index (χ1n) is 5.69. The van der Waals surface area contributed by atoms with E-state index >= 15 is 0 Å². The number of aromatic hydroxyl groups is 1. The predicted octanol–water partition coefficient (Wildman–Crippen LogP) is 4.91. The van der Waals surface area contributed by atoms with Crippen molar-refractivity contribution < 1.29 is 5.11 Å². The van der Waals surface area contributed by atoms with Crippen LogP contribution in [0.3, 0.4) is 0 Å². The average molecular weight is 290 g/mol. The molecule has 0 fully saturated rings. The third kappa shape index (κ3) is 2.25. The summed E-state index contributed by atoms with van der Waals surface area (Å²) in [5.41, 5.74) is 1.95. The van der Waals surface area contributed by atoms with E-state index < -0.39 is 0 Å². The summed E-state index contributed by atoms with van der Waals surface area (Å²) < 4.78 is 0. The summed E-state index contributed by atoms with van der Waals surface area (Å²) in [5, 5.41) is 11.9. The highest BCUT2D eigenvalue weighted by atomic mass is 35.5. The fourth-order valence-corrected chi connectivity index (χ4v) is 2.42. The van der Waals surface area contributed by atoms with Gasteiger partial charge in [-0.25, -0.2) is 4.98 Å². The quantitative estimate of drug-likeness (QED) is 0.690. The number of pyridine rings is 1. The second-order valence-electron chi connectivity index (χ2n) is 4.17. The number of halogens is 2. The first kappa shape index (κ1) is 12.3. The van der Waals surface area contributed by atoms with Crippen molar-refractivity contribution in [1.82, 2.24) is 4.98 Å². The lowest BCUT2D eigenvalue weighted by atomic mass is 10.1. The first-order valence-corrected chi connectivity index (χ1v) is 6.45. The van der Waals surface area contributed by atoms with Crippen LogP contribution in [0.15, 0.2) is 48.5 Å². The van der Waals surface area contributed by atoms with Gasteiger partial charge in [0.05, 0.1) is 16.2 Å². The Hall–Kier alpha value is -1.77. The lowest BCUT2D eigenvalue weighted by Gasteiger charge is -2.07. The van der Waals surface area contributed by atoms with E-state index in [0.29, 0.717) is 21.3 Å². The van der Waals surface area contributed by atoms with Crippen molar-refractivity contribution in [1.29, 1.82) is 0 Å². The normalized spacial score (nSPS) is 10.8. The average Bonchev–Trinajstić information content (AvgIpc) is 2.41. The summed E-state index contributed by atoms with van der Waals surface area (Å²) in [6.45, 7) is 0. The highest BCUT2D eigenvalue weighted by Gasteiger charge is 2.10. The molecule has 0 saturated carbocycles. The highest BCUT2D eigenvalue weighted by molar-refractivity contribution is 6.35. The lowest BCUT2D eigenvalue weighted by Crippen LogP contribution is -1.87. The van der Waals surface area contributed by atoms with Crippen molar-refractivity contribution >= 4 is 34.1 Å². The molecule has 3 rings (SSSR count). The molecule has 0 atom stereocenters. The number of para-hydroxylation sites is 1. The Morgan fingerprint density at radius 3 is 2.58 bits per heavy atom. The fraction of sp³-hybridized carbons (Fsp3) is 0. The van der Waals surface area contributed by atoms with Crippen LogP contribution >= 0.6 is 23.2 Å². The number of nitrogens with zero attached hydrogens (tertiary/aromatic N) is 1. The number of benzene rings is 2. The molecule has 0 saturated heterocycles. The molecule has 3 aromatic rings. The van der Waals surface area contributed by atoms with E-state index in [1.54, 1.807) is 24.3 Å². The maximum absolute atomic E-state index is 9.91. The zero-order valence-corrected chi connectivity index (χ0v) is 11.3. The molecule has 4 heteroatoms. The molecule has 2 aromatic carbocycles. The SMILES string of the molecule is Oc1ccc(Cl)cc1-c1cc(Cl)c2ccccc2n1. The smallest absolute Gasteiger partial charge is 0.125 e. The third-order valence-electron chi connectivity index (χ3n) is 2.90. The highest BCUT2D eigenvalue weighted by Crippen LogP contribution is 2.34. The Balaban J connectivity index is 2.28. The van der Waals surface area contributed by atoms with E-state index in [9.17, 15) is 5.11 Å². The molecule has 19 heavy (non-hydrogen) atoms. The van der Waals surface area contributed by atoms with Gasteiger partial charge in [-0.05, 0) is 30.3 Å². The summed E-state index contributed by atoms with van der Waals surface area (Å²) in [4.78, 5) is 4.51. The molecule has 0 unspecified atom stereocenters. The summed E-state index contributed by atoms with van der Waals surface area (Å²) in [5.74, 6) is 0.128. The van der Waals surface area contributed by atoms with Gasteiger partial charge in [0.25, 0.3) is 0 Å². The number of hydrogen-bond acceptors (Lipinski definition) is 2. The van der Waals surface area contributed by atoms with Crippen LogP contribution in [0.2, 0.25) is 10.0 Å². The number of phenolic OH excluding ortho intramolecular Hbond substituents is 1. The van der Waals surface area contributed by atoms with Gasteiger partial charge in [-0.15, -0.1) is 0 Å². The van der Waals surface area contributed by atoms with Gasteiger partial charge in [-0.2, -0.15) is 0 Å². The summed E-state index contributed by atoms with van der Waals surface area (Å²) in [6.07, 6.45) is 0. The number of rotatable bonds is 1.